The molecule has 1 saturated heterocycles. The Balaban J connectivity index is 1.80. The molecule has 0 aliphatic carbocycles. The van der Waals surface area contributed by atoms with Crippen LogP contribution >= 0.6 is 11.6 Å². The number of likely N-dealkylation sites (tertiary alicyclic amines) is 1. The fourth-order valence-corrected chi connectivity index (χ4v) is 3.13. The van der Waals surface area contributed by atoms with E-state index in [1.165, 1.54) is 0 Å². The smallest absolute Gasteiger partial charge is 0.293 e. The summed E-state index contributed by atoms with van der Waals surface area (Å²) in [6, 6.07) is 17.1. The second-order valence-corrected chi connectivity index (χ2v) is 6.45. The van der Waals surface area contributed by atoms with Crippen LogP contribution in [-0.4, -0.2) is 38.7 Å². The van der Waals surface area contributed by atoms with Gasteiger partial charge < -0.3 is 4.90 Å². The Morgan fingerprint density at radius 1 is 0.960 bits per heavy atom. The topological polar surface area (TPSA) is 51.0 Å². The molecule has 1 aromatic heterocycles. The summed E-state index contributed by atoms with van der Waals surface area (Å²) in [7, 11) is 0. The van der Waals surface area contributed by atoms with Crippen molar-refractivity contribution >= 4 is 17.5 Å². The molecule has 126 valence electrons. The third-order valence-electron chi connectivity index (χ3n) is 4.29. The summed E-state index contributed by atoms with van der Waals surface area (Å²) in [6.45, 7) is 1.55. The van der Waals surface area contributed by atoms with E-state index in [9.17, 15) is 4.79 Å². The fourth-order valence-electron chi connectivity index (χ4n) is 3.00. The third-order valence-corrected chi connectivity index (χ3v) is 4.55. The Morgan fingerprint density at radius 2 is 1.64 bits per heavy atom. The molecule has 0 unspecified atom stereocenters. The zero-order chi connectivity index (χ0) is 17.2. The summed E-state index contributed by atoms with van der Waals surface area (Å²) in [6.07, 6.45) is 2.07. The Kier molecular flexibility index (Phi) is 4.24. The van der Waals surface area contributed by atoms with Crippen molar-refractivity contribution in [2.45, 2.75) is 12.8 Å². The fraction of sp³-hybridized carbons (Fsp3) is 0.211. The number of benzene rings is 2. The van der Waals surface area contributed by atoms with Crippen LogP contribution in [0.15, 0.2) is 54.6 Å². The Morgan fingerprint density at radius 3 is 2.32 bits per heavy atom. The molecule has 0 N–H and O–H groups in total. The van der Waals surface area contributed by atoms with E-state index in [0.29, 0.717) is 10.8 Å². The Hall–Kier alpha value is -2.66. The maximum Gasteiger partial charge on any atom is 0.293 e. The molecule has 5 nitrogen and oxygen atoms in total. The minimum absolute atomic E-state index is 0.109. The maximum atomic E-state index is 12.7. The van der Waals surface area contributed by atoms with E-state index < -0.39 is 0 Å². The first kappa shape index (κ1) is 15.8. The van der Waals surface area contributed by atoms with Crippen LogP contribution < -0.4 is 0 Å². The number of hydrogen-bond acceptors (Lipinski definition) is 3. The van der Waals surface area contributed by atoms with E-state index in [0.717, 1.165) is 37.2 Å². The molecule has 0 atom stereocenters. The molecule has 1 aliphatic rings. The van der Waals surface area contributed by atoms with Crippen LogP contribution in [0.5, 0.6) is 0 Å². The lowest BCUT2D eigenvalue weighted by Gasteiger charge is -2.11. The summed E-state index contributed by atoms with van der Waals surface area (Å²) in [4.78, 5) is 19.1. The molecule has 4 rings (SSSR count). The highest BCUT2D eigenvalue weighted by molar-refractivity contribution is 6.30. The van der Waals surface area contributed by atoms with Gasteiger partial charge in [0.25, 0.3) is 5.91 Å². The molecule has 0 saturated carbocycles. The third kappa shape index (κ3) is 3.15. The molecule has 1 aliphatic heterocycles. The number of amides is 1. The van der Waals surface area contributed by atoms with Gasteiger partial charge in [-0.15, -0.1) is 5.10 Å². The number of nitrogens with zero attached hydrogens (tertiary/aromatic N) is 4. The first-order valence-electron chi connectivity index (χ1n) is 8.30. The van der Waals surface area contributed by atoms with Crippen molar-refractivity contribution in [3.05, 3.63) is 65.4 Å². The average Bonchev–Trinajstić information content (AvgIpc) is 3.33. The van der Waals surface area contributed by atoms with Gasteiger partial charge in [0, 0.05) is 23.7 Å². The van der Waals surface area contributed by atoms with Crippen LogP contribution in [0.3, 0.4) is 0 Å². The molecule has 6 heteroatoms. The van der Waals surface area contributed by atoms with Gasteiger partial charge in [0.15, 0.2) is 5.82 Å². The van der Waals surface area contributed by atoms with Gasteiger partial charge in [-0.05, 0) is 37.1 Å². The summed E-state index contributed by atoms with van der Waals surface area (Å²) in [5.74, 6) is 0.767. The first-order valence-corrected chi connectivity index (χ1v) is 8.68. The van der Waals surface area contributed by atoms with Crippen molar-refractivity contribution in [3.63, 3.8) is 0 Å². The SMILES string of the molecule is O=C(c1nc(-c2ccccc2)n(-c2ccc(Cl)cc2)n1)N1CCCC1. The second-order valence-electron chi connectivity index (χ2n) is 6.01. The van der Waals surface area contributed by atoms with E-state index >= 15 is 0 Å². The number of aromatic nitrogens is 3. The van der Waals surface area contributed by atoms with Gasteiger partial charge in [-0.2, -0.15) is 0 Å². The van der Waals surface area contributed by atoms with Crippen molar-refractivity contribution in [3.8, 4) is 17.1 Å². The lowest BCUT2D eigenvalue weighted by molar-refractivity contribution is 0.0781. The summed E-state index contributed by atoms with van der Waals surface area (Å²) in [5, 5.41) is 5.15. The summed E-state index contributed by atoms with van der Waals surface area (Å²) >= 11 is 5.99. The van der Waals surface area contributed by atoms with Crippen molar-refractivity contribution in [2.24, 2.45) is 0 Å². The van der Waals surface area contributed by atoms with Gasteiger partial charge in [-0.1, -0.05) is 41.9 Å². The molecule has 2 heterocycles. The van der Waals surface area contributed by atoms with Gasteiger partial charge in [0.1, 0.15) is 0 Å². The van der Waals surface area contributed by atoms with Crippen molar-refractivity contribution in [1.82, 2.24) is 19.7 Å². The molecule has 1 amide bonds. The predicted octanol–water partition coefficient (Wildman–Crippen LogP) is 3.82. The average molecular weight is 353 g/mol. The van der Waals surface area contributed by atoms with E-state index in [4.69, 9.17) is 11.6 Å². The van der Waals surface area contributed by atoms with Crippen LogP contribution in [0, 0.1) is 0 Å². The Bertz CT molecular complexity index is 884. The monoisotopic (exact) mass is 352 g/mol. The van der Waals surface area contributed by atoms with Crippen LogP contribution in [0.25, 0.3) is 17.1 Å². The highest BCUT2D eigenvalue weighted by atomic mass is 35.5. The molecule has 0 radical (unpaired) electrons. The molecule has 25 heavy (non-hydrogen) atoms. The van der Waals surface area contributed by atoms with Crippen LogP contribution in [0.4, 0.5) is 0 Å². The van der Waals surface area contributed by atoms with Gasteiger partial charge in [0.2, 0.25) is 5.82 Å². The largest absolute Gasteiger partial charge is 0.336 e. The molecular formula is C19H17ClN4O. The Labute approximate surface area is 150 Å². The zero-order valence-electron chi connectivity index (χ0n) is 13.6. The van der Waals surface area contributed by atoms with E-state index in [1.807, 2.05) is 47.4 Å². The number of carbonyl (C=O) groups is 1. The van der Waals surface area contributed by atoms with Crippen molar-refractivity contribution in [2.75, 3.05) is 13.1 Å². The quantitative estimate of drug-likeness (QED) is 0.720. The van der Waals surface area contributed by atoms with E-state index in [2.05, 4.69) is 10.1 Å². The minimum atomic E-state index is -0.109. The molecule has 0 spiro atoms. The molecule has 1 fully saturated rings. The highest BCUT2D eigenvalue weighted by Gasteiger charge is 2.25. The van der Waals surface area contributed by atoms with Crippen LogP contribution in [0.2, 0.25) is 5.02 Å². The summed E-state index contributed by atoms with van der Waals surface area (Å²) < 4.78 is 1.70. The molecule has 2 aromatic carbocycles. The number of halogens is 1. The maximum absolute atomic E-state index is 12.7. The van der Waals surface area contributed by atoms with E-state index in [-0.39, 0.29) is 11.7 Å². The minimum Gasteiger partial charge on any atom is -0.336 e. The molecule has 3 aromatic rings. The van der Waals surface area contributed by atoms with Gasteiger partial charge >= 0.3 is 0 Å². The zero-order valence-corrected chi connectivity index (χ0v) is 14.4. The normalized spacial score (nSPS) is 14.0. The molecular weight excluding hydrogens is 336 g/mol. The summed E-state index contributed by atoms with van der Waals surface area (Å²) in [5.41, 5.74) is 1.72. The molecule has 0 bridgehead atoms. The van der Waals surface area contributed by atoms with Gasteiger partial charge in [0.05, 0.1) is 5.69 Å². The highest BCUT2D eigenvalue weighted by Crippen LogP contribution is 2.23. The number of carbonyl (C=O) groups excluding carboxylic acids is 1. The van der Waals surface area contributed by atoms with Gasteiger partial charge in [-0.3, -0.25) is 4.79 Å². The number of hydrogen-bond donors (Lipinski definition) is 0. The first-order chi connectivity index (χ1) is 12.2. The van der Waals surface area contributed by atoms with E-state index in [1.54, 1.807) is 16.8 Å². The lowest BCUT2D eigenvalue weighted by atomic mass is 10.2. The van der Waals surface area contributed by atoms with Crippen molar-refractivity contribution < 1.29 is 4.79 Å². The van der Waals surface area contributed by atoms with Crippen molar-refractivity contribution in [1.29, 1.82) is 0 Å². The predicted molar refractivity (Wildman–Crippen MR) is 96.9 cm³/mol. The van der Waals surface area contributed by atoms with Crippen LogP contribution in [0.1, 0.15) is 23.5 Å². The standard InChI is InChI=1S/C19H17ClN4O/c20-15-8-10-16(11-9-15)24-18(14-6-2-1-3-7-14)21-17(22-24)19(25)23-12-4-5-13-23/h1-3,6-11H,4-5,12-13H2. The lowest BCUT2D eigenvalue weighted by Crippen LogP contribution is -2.28. The van der Waals surface area contributed by atoms with Crippen LogP contribution in [-0.2, 0) is 0 Å². The van der Waals surface area contributed by atoms with Gasteiger partial charge in [-0.25, -0.2) is 9.67 Å². The number of rotatable bonds is 3. The second kappa shape index (κ2) is 6.69.